The van der Waals surface area contributed by atoms with E-state index in [1.807, 2.05) is 12.1 Å². The summed E-state index contributed by atoms with van der Waals surface area (Å²) in [6.45, 7) is 3.38. The van der Waals surface area contributed by atoms with Gasteiger partial charge in [0.1, 0.15) is 5.82 Å². The van der Waals surface area contributed by atoms with Crippen molar-refractivity contribution in [3.63, 3.8) is 0 Å². The number of hydrogen-bond acceptors (Lipinski definition) is 4. The fourth-order valence-corrected chi connectivity index (χ4v) is 5.48. The molecule has 2 aromatic rings. The molecule has 1 saturated heterocycles. The Kier molecular flexibility index (Phi) is 8.06. The fraction of sp³-hybridized carbons (Fsp3) is 0.500. The van der Waals surface area contributed by atoms with Crippen molar-refractivity contribution in [2.24, 2.45) is 0 Å². The van der Waals surface area contributed by atoms with E-state index in [0.717, 1.165) is 43.5 Å². The van der Waals surface area contributed by atoms with Crippen LogP contribution in [0.2, 0.25) is 5.02 Å². The molecule has 1 fully saturated rings. The van der Waals surface area contributed by atoms with Crippen molar-refractivity contribution in [3.05, 3.63) is 52.7 Å². The topological polar surface area (TPSA) is 53.5 Å². The molecular weight excluding hydrogens is 463 g/mol. The number of sulfonamides is 1. The normalized spacial score (nSPS) is 16.2. The third-order valence-electron chi connectivity index (χ3n) is 5.53. The molecule has 32 heavy (non-hydrogen) atoms. The Bertz CT molecular complexity index is 1010. The molecule has 3 rings (SSSR count). The summed E-state index contributed by atoms with van der Waals surface area (Å²) in [4.78, 5) is 5.88. The molecule has 176 valence electrons. The van der Waals surface area contributed by atoms with Crippen molar-refractivity contribution in [2.45, 2.75) is 50.1 Å². The molecule has 0 amide bonds. The molecule has 0 spiro atoms. The highest BCUT2D eigenvalue weighted by Gasteiger charge is 2.33. The number of alkyl halides is 3. The number of rotatable bonds is 7. The summed E-state index contributed by atoms with van der Waals surface area (Å²) < 4.78 is 66.3. The summed E-state index contributed by atoms with van der Waals surface area (Å²) in [5.41, 5.74) is 0.200. The van der Waals surface area contributed by atoms with E-state index in [1.54, 1.807) is 17.0 Å². The number of nitrogens with zero attached hydrogens (tertiary/aromatic N) is 3. The predicted octanol–water partition coefficient (Wildman–Crippen LogP) is 5.39. The Labute approximate surface area is 192 Å². The third-order valence-corrected chi connectivity index (χ3v) is 7.72. The summed E-state index contributed by atoms with van der Waals surface area (Å²) in [6, 6.07) is 7.86. The van der Waals surface area contributed by atoms with Crippen LogP contribution in [0.4, 0.5) is 19.0 Å². The molecule has 0 saturated carbocycles. The average molecular weight is 490 g/mol. The molecule has 0 unspecified atom stereocenters. The van der Waals surface area contributed by atoms with Crippen LogP contribution >= 0.6 is 11.6 Å². The van der Waals surface area contributed by atoms with Crippen LogP contribution in [-0.2, 0) is 22.6 Å². The van der Waals surface area contributed by atoms with Crippen molar-refractivity contribution in [3.8, 4) is 0 Å². The molecule has 0 N–H and O–H groups in total. The minimum absolute atomic E-state index is 0.102. The van der Waals surface area contributed by atoms with Gasteiger partial charge in [-0.1, -0.05) is 43.5 Å². The number of anilines is 1. The van der Waals surface area contributed by atoms with Crippen molar-refractivity contribution in [1.29, 1.82) is 0 Å². The molecule has 1 aromatic heterocycles. The first kappa shape index (κ1) is 24.8. The minimum Gasteiger partial charge on any atom is -0.354 e. The molecule has 1 aliphatic heterocycles. The molecule has 10 heteroatoms. The van der Waals surface area contributed by atoms with Crippen molar-refractivity contribution >= 4 is 27.4 Å². The lowest BCUT2D eigenvalue weighted by Crippen LogP contribution is -2.35. The van der Waals surface area contributed by atoms with Crippen molar-refractivity contribution < 1.29 is 21.6 Å². The number of halogens is 4. The third kappa shape index (κ3) is 5.94. The highest BCUT2D eigenvalue weighted by molar-refractivity contribution is 7.89. The van der Waals surface area contributed by atoms with Crippen LogP contribution in [0.5, 0.6) is 0 Å². The summed E-state index contributed by atoms with van der Waals surface area (Å²) in [6.07, 6.45) is 1.01. The van der Waals surface area contributed by atoms with Gasteiger partial charge in [-0.05, 0) is 43.0 Å². The highest BCUT2D eigenvalue weighted by atomic mass is 35.5. The van der Waals surface area contributed by atoms with Crippen molar-refractivity contribution in [1.82, 2.24) is 9.29 Å². The van der Waals surface area contributed by atoms with Gasteiger partial charge in [-0.15, -0.1) is 0 Å². The van der Waals surface area contributed by atoms with E-state index in [1.165, 1.54) is 4.31 Å². The zero-order valence-corrected chi connectivity index (χ0v) is 19.5. The summed E-state index contributed by atoms with van der Waals surface area (Å²) in [5, 5.41) is -0.102. The van der Waals surface area contributed by atoms with Crippen LogP contribution < -0.4 is 4.90 Å². The molecular formula is C22H27ClF3N3O2S. The second kappa shape index (κ2) is 10.4. The molecule has 5 nitrogen and oxygen atoms in total. The van der Waals surface area contributed by atoms with E-state index in [-0.39, 0.29) is 28.8 Å². The number of hydrogen-bond donors (Lipinski definition) is 0. The van der Waals surface area contributed by atoms with Gasteiger partial charge in [0.2, 0.25) is 10.0 Å². The lowest BCUT2D eigenvalue weighted by atomic mass is 10.1. The van der Waals surface area contributed by atoms with Gasteiger partial charge in [0, 0.05) is 32.4 Å². The number of aryl methyl sites for hydroxylation is 1. The van der Waals surface area contributed by atoms with Gasteiger partial charge in [0.15, 0.2) is 0 Å². The van der Waals surface area contributed by atoms with Gasteiger partial charge in [-0.25, -0.2) is 13.4 Å². The highest BCUT2D eigenvalue weighted by Crippen LogP contribution is 2.34. The number of pyridine rings is 1. The number of aromatic nitrogens is 1. The smallest absolute Gasteiger partial charge is 0.354 e. The SMILES string of the molecule is CCCCCc1ccc(S(=O)(=O)N2CCCN(c3ncc(C(F)(F)F)cc3Cl)CC2)cc1. The molecule has 1 aromatic carbocycles. The summed E-state index contributed by atoms with van der Waals surface area (Å²) >= 11 is 6.07. The van der Waals surface area contributed by atoms with Crippen LogP contribution in [0, 0.1) is 0 Å². The Hall–Kier alpha value is -1.84. The fourth-order valence-electron chi connectivity index (χ4n) is 3.72. The van der Waals surface area contributed by atoms with Gasteiger partial charge in [-0.2, -0.15) is 17.5 Å². The zero-order valence-electron chi connectivity index (χ0n) is 17.9. The number of benzene rings is 1. The van der Waals surface area contributed by atoms with E-state index in [2.05, 4.69) is 11.9 Å². The second-order valence-corrected chi connectivity index (χ2v) is 10.2. The molecule has 0 radical (unpaired) electrons. The molecule has 0 atom stereocenters. The quantitative estimate of drug-likeness (QED) is 0.489. The predicted molar refractivity (Wildman–Crippen MR) is 120 cm³/mol. The first-order valence-electron chi connectivity index (χ1n) is 10.7. The van der Waals surface area contributed by atoms with E-state index in [9.17, 15) is 21.6 Å². The molecule has 0 bridgehead atoms. The lowest BCUT2D eigenvalue weighted by molar-refractivity contribution is -0.137. The van der Waals surface area contributed by atoms with Gasteiger partial charge in [-0.3, -0.25) is 0 Å². The van der Waals surface area contributed by atoms with Crippen LogP contribution in [0.15, 0.2) is 41.4 Å². The minimum atomic E-state index is -4.52. The second-order valence-electron chi connectivity index (χ2n) is 7.87. The summed E-state index contributed by atoms with van der Waals surface area (Å²) in [7, 11) is -3.66. The van der Waals surface area contributed by atoms with E-state index >= 15 is 0 Å². The van der Waals surface area contributed by atoms with Crippen LogP contribution in [0.25, 0.3) is 0 Å². The maximum Gasteiger partial charge on any atom is 0.417 e. The maximum atomic E-state index is 13.1. The maximum absolute atomic E-state index is 13.1. The number of unbranched alkanes of at least 4 members (excludes halogenated alkanes) is 2. The molecule has 0 aliphatic carbocycles. The van der Waals surface area contributed by atoms with Crippen LogP contribution in [-0.4, -0.2) is 43.9 Å². The van der Waals surface area contributed by atoms with E-state index in [0.29, 0.717) is 19.5 Å². The molecule has 2 heterocycles. The monoisotopic (exact) mass is 489 g/mol. The van der Waals surface area contributed by atoms with Crippen molar-refractivity contribution in [2.75, 3.05) is 31.1 Å². The van der Waals surface area contributed by atoms with E-state index < -0.39 is 21.8 Å². The van der Waals surface area contributed by atoms with E-state index in [4.69, 9.17) is 11.6 Å². The Morgan fingerprint density at radius 1 is 1.06 bits per heavy atom. The van der Waals surface area contributed by atoms with Crippen LogP contribution in [0.1, 0.15) is 43.7 Å². The Balaban J connectivity index is 1.69. The van der Waals surface area contributed by atoms with Crippen LogP contribution in [0.3, 0.4) is 0 Å². The van der Waals surface area contributed by atoms with Gasteiger partial charge in [0.25, 0.3) is 0 Å². The summed E-state index contributed by atoms with van der Waals surface area (Å²) in [5.74, 6) is 0.232. The lowest BCUT2D eigenvalue weighted by Gasteiger charge is -2.24. The Morgan fingerprint density at radius 2 is 1.78 bits per heavy atom. The van der Waals surface area contributed by atoms with Gasteiger partial charge >= 0.3 is 6.18 Å². The van der Waals surface area contributed by atoms with Gasteiger partial charge in [0.05, 0.1) is 15.5 Å². The van der Waals surface area contributed by atoms with Gasteiger partial charge < -0.3 is 4.90 Å². The zero-order chi connectivity index (χ0) is 23.4. The average Bonchev–Trinajstić information content (AvgIpc) is 3.00. The Morgan fingerprint density at radius 3 is 2.41 bits per heavy atom. The first-order chi connectivity index (χ1) is 15.1. The molecule has 1 aliphatic rings. The largest absolute Gasteiger partial charge is 0.417 e. The standard InChI is InChI=1S/C22H27ClF3N3O2S/c1-2-3-4-6-17-7-9-19(10-8-17)32(30,31)29-12-5-11-28(13-14-29)21-20(23)15-18(16-27-21)22(24,25)26/h7-10,15-16H,2-6,11-14H2,1H3. The first-order valence-corrected chi connectivity index (χ1v) is 12.5.